The fourth-order valence-corrected chi connectivity index (χ4v) is 2.36. The molecule has 0 saturated heterocycles. The van der Waals surface area contributed by atoms with E-state index in [1.807, 2.05) is 0 Å². The molecule has 0 bridgehead atoms. The summed E-state index contributed by atoms with van der Waals surface area (Å²) in [4.78, 5) is 19.3. The minimum Gasteiger partial charge on any atom is -0.481 e. The van der Waals surface area contributed by atoms with Gasteiger partial charge < -0.3 is 15.2 Å². The Morgan fingerprint density at radius 2 is 2.39 bits per heavy atom. The van der Waals surface area contributed by atoms with Gasteiger partial charge in [0.1, 0.15) is 12.1 Å². The van der Waals surface area contributed by atoms with Crippen molar-refractivity contribution in [2.45, 2.75) is 32.2 Å². The number of rotatable bonds is 4. The number of hydrogen-bond donors (Lipinski definition) is 2. The van der Waals surface area contributed by atoms with Gasteiger partial charge in [-0.2, -0.15) is 0 Å². The Bertz CT molecular complexity index is 452. The van der Waals surface area contributed by atoms with E-state index in [9.17, 15) is 9.90 Å². The lowest BCUT2D eigenvalue weighted by Crippen LogP contribution is -2.40. The van der Waals surface area contributed by atoms with Crippen LogP contribution in [-0.4, -0.2) is 34.2 Å². The van der Waals surface area contributed by atoms with Crippen molar-refractivity contribution in [2.24, 2.45) is 5.41 Å². The van der Waals surface area contributed by atoms with E-state index in [4.69, 9.17) is 4.74 Å². The van der Waals surface area contributed by atoms with Crippen LogP contribution in [0.4, 0.5) is 5.82 Å². The molecule has 0 spiro atoms. The van der Waals surface area contributed by atoms with E-state index in [1.165, 1.54) is 13.4 Å². The highest BCUT2D eigenvalue weighted by Gasteiger charge is 2.45. The molecule has 2 atom stereocenters. The molecule has 6 heteroatoms. The molecule has 1 aliphatic rings. The molecule has 18 heavy (non-hydrogen) atoms. The highest BCUT2D eigenvalue weighted by atomic mass is 16.5. The first kappa shape index (κ1) is 12.6. The topological polar surface area (TPSA) is 84.3 Å². The molecule has 1 aromatic rings. The van der Waals surface area contributed by atoms with E-state index in [2.05, 4.69) is 15.3 Å². The number of carbonyl (C=O) groups is 1. The molecule has 1 aliphatic carbocycles. The summed E-state index contributed by atoms with van der Waals surface area (Å²) in [6.45, 7) is 1.78. The van der Waals surface area contributed by atoms with E-state index >= 15 is 0 Å². The van der Waals surface area contributed by atoms with E-state index in [0.717, 1.165) is 12.8 Å². The van der Waals surface area contributed by atoms with Gasteiger partial charge in [-0.3, -0.25) is 4.79 Å². The second-order valence-corrected chi connectivity index (χ2v) is 4.76. The zero-order valence-electron chi connectivity index (χ0n) is 10.5. The number of carboxylic acid groups (broad SMARTS) is 1. The van der Waals surface area contributed by atoms with E-state index in [1.54, 1.807) is 13.0 Å². The normalized spacial score (nSPS) is 26.9. The molecule has 2 unspecified atom stereocenters. The summed E-state index contributed by atoms with van der Waals surface area (Å²) in [5.41, 5.74) is -0.738. The number of methoxy groups -OCH3 is 1. The number of carboxylic acids is 1. The van der Waals surface area contributed by atoms with Crippen molar-refractivity contribution in [1.29, 1.82) is 0 Å². The molecule has 98 valence electrons. The van der Waals surface area contributed by atoms with Gasteiger partial charge in [-0.25, -0.2) is 9.97 Å². The van der Waals surface area contributed by atoms with Crippen LogP contribution >= 0.6 is 0 Å². The van der Waals surface area contributed by atoms with Crippen molar-refractivity contribution < 1.29 is 14.6 Å². The molecule has 1 heterocycles. The summed E-state index contributed by atoms with van der Waals surface area (Å²) in [6.07, 6.45) is 3.81. The summed E-state index contributed by atoms with van der Waals surface area (Å²) >= 11 is 0. The molecule has 1 saturated carbocycles. The minimum atomic E-state index is -0.765. The quantitative estimate of drug-likeness (QED) is 0.844. The Hall–Kier alpha value is -1.85. The maximum absolute atomic E-state index is 11.3. The molecule has 2 N–H and O–H groups in total. The number of ether oxygens (including phenoxy) is 1. The van der Waals surface area contributed by atoms with Gasteiger partial charge in [0.25, 0.3) is 0 Å². The van der Waals surface area contributed by atoms with Crippen LogP contribution in [0.3, 0.4) is 0 Å². The number of hydrogen-bond acceptors (Lipinski definition) is 5. The molecule has 6 nitrogen and oxygen atoms in total. The second-order valence-electron chi connectivity index (χ2n) is 4.76. The maximum Gasteiger partial charge on any atom is 0.311 e. The second kappa shape index (κ2) is 4.80. The standard InChI is InChI=1S/C12H17N3O3/c1-12(11(16)17)5-3-4-8(12)15-9-6-10(18-2)14-7-13-9/h6-8H,3-5H2,1-2H3,(H,16,17)(H,13,14,15). The number of aromatic nitrogens is 2. The van der Waals surface area contributed by atoms with Crippen LogP contribution in [0.1, 0.15) is 26.2 Å². The van der Waals surface area contributed by atoms with Gasteiger partial charge in [0.05, 0.1) is 12.5 Å². The summed E-state index contributed by atoms with van der Waals surface area (Å²) in [5, 5.41) is 12.5. The molecule has 1 aromatic heterocycles. The first-order valence-corrected chi connectivity index (χ1v) is 5.92. The largest absolute Gasteiger partial charge is 0.481 e. The van der Waals surface area contributed by atoms with Crippen molar-refractivity contribution >= 4 is 11.8 Å². The third-order valence-electron chi connectivity index (χ3n) is 3.62. The number of nitrogens with one attached hydrogen (secondary N) is 1. The molecular formula is C12H17N3O3. The third-order valence-corrected chi connectivity index (χ3v) is 3.62. The lowest BCUT2D eigenvalue weighted by molar-refractivity contribution is -0.147. The lowest BCUT2D eigenvalue weighted by atomic mass is 9.85. The van der Waals surface area contributed by atoms with Crippen LogP contribution in [0.25, 0.3) is 0 Å². The van der Waals surface area contributed by atoms with Gasteiger partial charge in [-0.1, -0.05) is 6.42 Å². The maximum atomic E-state index is 11.3. The smallest absolute Gasteiger partial charge is 0.311 e. The monoisotopic (exact) mass is 251 g/mol. The van der Waals surface area contributed by atoms with Gasteiger partial charge >= 0.3 is 5.97 Å². The minimum absolute atomic E-state index is 0.116. The molecular weight excluding hydrogens is 234 g/mol. The van der Waals surface area contributed by atoms with Crippen molar-refractivity contribution in [3.63, 3.8) is 0 Å². The van der Waals surface area contributed by atoms with Gasteiger partial charge in [0.15, 0.2) is 0 Å². The third kappa shape index (κ3) is 2.23. The zero-order chi connectivity index (χ0) is 13.2. The van der Waals surface area contributed by atoms with Crippen LogP contribution in [0, 0.1) is 5.41 Å². The number of nitrogens with zero attached hydrogens (tertiary/aromatic N) is 2. The van der Waals surface area contributed by atoms with Crippen LogP contribution < -0.4 is 10.1 Å². The highest BCUT2D eigenvalue weighted by molar-refractivity contribution is 5.76. The van der Waals surface area contributed by atoms with E-state index in [-0.39, 0.29) is 6.04 Å². The molecule has 1 fully saturated rings. The van der Waals surface area contributed by atoms with Gasteiger partial charge in [-0.15, -0.1) is 0 Å². The van der Waals surface area contributed by atoms with Crippen LogP contribution in [0.2, 0.25) is 0 Å². The Balaban J connectivity index is 2.15. The molecule has 0 radical (unpaired) electrons. The first-order chi connectivity index (χ1) is 8.56. The summed E-state index contributed by atoms with van der Waals surface area (Å²) in [7, 11) is 1.53. The molecule has 0 aliphatic heterocycles. The summed E-state index contributed by atoms with van der Waals surface area (Å²) < 4.78 is 5.01. The highest BCUT2D eigenvalue weighted by Crippen LogP contribution is 2.39. The van der Waals surface area contributed by atoms with Gasteiger partial charge in [0, 0.05) is 12.1 Å². The van der Waals surface area contributed by atoms with Crippen molar-refractivity contribution in [3.05, 3.63) is 12.4 Å². The number of aliphatic carboxylic acids is 1. The zero-order valence-corrected chi connectivity index (χ0v) is 10.5. The van der Waals surface area contributed by atoms with Gasteiger partial charge in [0.2, 0.25) is 5.88 Å². The Morgan fingerprint density at radius 1 is 1.61 bits per heavy atom. The average Bonchev–Trinajstić information content (AvgIpc) is 2.73. The SMILES string of the molecule is COc1cc(NC2CCCC2(C)C(=O)O)ncn1. The van der Waals surface area contributed by atoms with E-state index < -0.39 is 11.4 Å². The Labute approximate surface area is 105 Å². The molecule has 2 rings (SSSR count). The van der Waals surface area contributed by atoms with Crippen molar-refractivity contribution in [2.75, 3.05) is 12.4 Å². The fourth-order valence-electron chi connectivity index (χ4n) is 2.36. The predicted molar refractivity (Wildman–Crippen MR) is 65.6 cm³/mol. The van der Waals surface area contributed by atoms with Crippen LogP contribution in [-0.2, 0) is 4.79 Å². The number of anilines is 1. The molecule has 0 amide bonds. The lowest BCUT2D eigenvalue weighted by Gasteiger charge is -2.28. The first-order valence-electron chi connectivity index (χ1n) is 5.92. The Kier molecular flexibility index (Phi) is 3.36. The van der Waals surface area contributed by atoms with Crippen LogP contribution in [0.15, 0.2) is 12.4 Å². The van der Waals surface area contributed by atoms with E-state index in [0.29, 0.717) is 18.1 Å². The van der Waals surface area contributed by atoms with Crippen LogP contribution in [0.5, 0.6) is 5.88 Å². The fraction of sp³-hybridized carbons (Fsp3) is 0.583. The summed E-state index contributed by atoms with van der Waals surface area (Å²) in [5.74, 6) is 0.294. The summed E-state index contributed by atoms with van der Waals surface area (Å²) in [6, 6.07) is 1.55. The Morgan fingerprint density at radius 3 is 3.06 bits per heavy atom. The molecule has 0 aromatic carbocycles. The van der Waals surface area contributed by atoms with Gasteiger partial charge in [-0.05, 0) is 19.8 Å². The average molecular weight is 251 g/mol. The van der Waals surface area contributed by atoms with Crippen molar-refractivity contribution in [1.82, 2.24) is 9.97 Å². The van der Waals surface area contributed by atoms with Crippen molar-refractivity contribution in [3.8, 4) is 5.88 Å². The predicted octanol–water partition coefficient (Wildman–Crippen LogP) is 1.54.